The molecule has 3 heterocycles. The molecule has 2 aliphatic heterocycles. The van der Waals surface area contributed by atoms with E-state index in [-0.39, 0.29) is 24.7 Å². The zero-order chi connectivity index (χ0) is 34.3. The van der Waals surface area contributed by atoms with Crippen molar-refractivity contribution in [3.05, 3.63) is 115 Å². The van der Waals surface area contributed by atoms with Crippen LogP contribution in [0.25, 0.3) is 11.8 Å². The summed E-state index contributed by atoms with van der Waals surface area (Å²) in [6, 6.07) is 21.9. The van der Waals surface area contributed by atoms with Crippen molar-refractivity contribution in [2.75, 3.05) is 52.4 Å². The third-order valence-electron chi connectivity index (χ3n) is 8.09. The summed E-state index contributed by atoms with van der Waals surface area (Å²) in [6.07, 6.45) is 3.77. The zero-order valence-electron chi connectivity index (χ0n) is 27.5. The van der Waals surface area contributed by atoms with Gasteiger partial charge in [0, 0.05) is 23.5 Å². The molecule has 12 heteroatoms. The highest BCUT2D eigenvalue weighted by Gasteiger charge is 2.35. The highest BCUT2D eigenvalue weighted by Crippen LogP contribution is 2.36. The molecule has 1 atom stereocenters. The van der Waals surface area contributed by atoms with Gasteiger partial charge in [-0.2, -0.15) is 0 Å². The van der Waals surface area contributed by atoms with Crippen LogP contribution in [-0.2, 0) is 19.1 Å². The number of nitrogens with zero attached hydrogens (tertiary/aromatic N) is 3. The fraction of sp³-hybridized carbons (Fsp3) is 0.297. The molecule has 1 fully saturated rings. The Morgan fingerprint density at radius 3 is 2.43 bits per heavy atom. The normalized spacial score (nSPS) is 16.2. The Labute approximate surface area is 292 Å². The first-order chi connectivity index (χ1) is 23.9. The molecule has 0 spiro atoms. The number of hydrogen-bond donors (Lipinski definition) is 0. The Hall–Kier alpha value is -4.65. The van der Waals surface area contributed by atoms with Gasteiger partial charge in [0.15, 0.2) is 22.9 Å². The summed E-state index contributed by atoms with van der Waals surface area (Å²) in [7, 11) is 0. The summed E-state index contributed by atoms with van der Waals surface area (Å²) in [5.74, 6) is 0.247. The number of thiazole rings is 1. The largest absolute Gasteiger partial charge is 0.490 e. The molecule has 1 aromatic heterocycles. The van der Waals surface area contributed by atoms with Gasteiger partial charge in [-0.05, 0) is 61.6 Å². The molecular formula is C37H37N3O7S2. The van der Waals surface area contributed by atoms with Crippen molar-refractivity contribution < 1.29 is 28.5 Å². The van der Waals surface area contributed by atoms with E-state index in [1.807, 2.05) is 73.8 Å². The zero-order valence-corrected chi connectivity index (χ0v) is 29.2. The van der Waals surface area contributed by atoms with Gasteiger partial charge in [0.2, 0.25) is 0 Å². The van der Waals surface area contributed by atoms with Gasteiger partial charge >= 0.3 is 5.97 Å². The van der Waals surface area contributed by atoms with Crippen molar-refractivity contribution in [2.24, 2.45) is 4.99 Å². The Bertz CT molecular complexity index is 2030. The van der Waals surface area contributed by atoms with Crippen molar-refractivity contribution in [2.45, 2.75) is 24.8 Å². The summed E-state index contributed by atoms with van der Waals surface area (Å²) >= 11 is 2.86. The molecule has 0 N–H and O–H groups in total. The maximum absolute atomic E-state index is 14.3. The van der Waals surface area contributed by atoms with Crippen LogP contribution in [0.5, 0.6) is 11.5 Å². The van der Waals surface area contributed by atoms with Crippen LogP contribution in [0, 0.1) is 0 Å². The van der Waals surface area contributed by atoms with E-state index in [4.69, 9.17) is 23.9 Å². The maximum atomic E-state index is 14.3. The molecule has 1 saturated heterocycles. The van der Waals surface area contributed by atoms with E-state index >= 15 is 0 Å². The number of esters is 1. The van der Waals surface area contributed by atoms with Gasteiger partial charge in [-0.1, -0.05) is 59.9 Å². The van der Waals surface area contributed by atoms with Crippen molar-refractivity contribution in [3.63, 3.8) is 0 Å². The van der Waals surface area contributed by atoms with Gasteiger partial charge in [0.1, 0.15) is 0 Å². The highest BCUT2D eigenvalue weighted by atomic mass is 32.2. The molecule has 1 amide bonds. The number of thioether (sulfide) groups is 1. The SMILES string of the molecule is CCOC(=O)C1=C(c2ccccc2)N=c2s/c(=C/c3ccc(OCC(=O)N4CCOCC4)c(OCC)c3)c(=O)n2[C@@H]1c1ccc(SC)cc1. The van der Waals surface area contributed by atoms with Gasteiger partial charge < -0.3 is 23.8 Å². The number of ether oxygens (including phenoxy) is 4. The molecule has 6 rings (SSSR count). The van der Waals surface area contributed by atoms with Gasteiger partial charge in [0.05, 0.1) is 48.3 Å². The Morgan fingerprint density at radius 2 is 1.73 bits per heavy atom. The van der Waals surface area contributed by atoms with Gasteiger partial charge in [0.25, 0.3) is 11.5 Å². The lowest BCUT2D eigenvalue weighted by Gasteiger charge is -2.26. The first-order valence-electron chi connectivity index (χ1n) is 16.1. The lowest BCUT2D eigenvalue weighted by atomic mass is 9.93. The lowest BCUT2D eigenvalue weighted by molar-refractivity contribution is -0.139. The summed E-state index contributed by atoms with van der Waals surface area (Å²) in [6.45, 7) is 6.16. The number of amides is 1. The number of benzene rings is 3. The lowest BCUT2D eigenvalue weighted by Crippen LogP contribution is -2.43. The fourth-order valence-corrected chi connectivity index (χ4v) is 7.15. The molecule has 0 aliphatic carbocycles. The van der Waals surface area contributed by atoms with Crippen LogP contribution in [0.15, 0.2) is 93.1 Å². The number of morpholine rings is 1. The second-order valence-electron chi connectivity index (χ2n) is 11.1. The summed E-state index contributed by atoms with van der Waals surface area (Å²) in [5, 5.41) is 0. The van der Waals surface area contributed by atoms with Crippen molar-refractivity contribution in [1.29, 1.82) is 0 Å². The summed E-state index contributed by atoms with van der Waals surface area (Å²) in [5.41, 5.74) is 2.70. The maximum Gasteiger partial charge on any atom is 0.338 e. The number of carbonyl (C=O) groups is 2. The average molecular weight is 700 g/mol. The molecular weight excluding hydrogens is 663 g/mol. The quantitative estimate of drug-likeness (QED) is 0.169. The number of aromatic nitrogens is 1. The summed E-state index contributed by atoms with van der Waals surface area (Å²) in [4.78, 5) is 48.8. The minimum atomic E-state index is -0.762. The Morgan fingerprint density at radius 1 is 0.980 bits per heavy atom. The predicted octanol–water partition coefficient (Wildman–Crippen LogP) is 4.29. The molecule has 254 valence electrons. The first kappa shape index (κ1) is 34.2. The van der Waals surface area contributed by atoms with Gasteiger partial charge in [-0.25, -0.2) is 9.79 Å². The first-order valence-corrected chi connectivity index (χ1v) is 18.1. The van der Waals surface area contributed by atoms with E-state index in [9.17, 15) is 14.4 Å². The highest BCUT2D eigenvalue weighted by molar-refractivity contribution is 7.98. The van der Waals surface area contributed by atoms with E-state index in [0.717, 1.165) is 16.0 Å². The van der Waals surface area contributed by atoms with Gasteiger partial charge in [-0.3, -0.25) is 14.2 Å². The molecule has 0 saturated carbocycles. The van der Waals surface area contributed by atoms with Gasteiger partial charge in [-0.15, -0.1) is 11.8 Å². The Balaban J connectivity index is 1.43. The van der Waals surface area contributed by atoms with Crippen LogP contribution in [0.2, 0.25) is 0 Å². The minimum absolute atomic E-state index is 0.120. The average Bonchev–Trinajstić information content (AvgIpc) is 3.45. The molecule has 0 unspecified atom stereocenters. The standard InChI is InChI=1S/C37H37N3O7S2/c1-4-45-29-21-24(11-16-28(29)47-23-31(41)39-17-19-44-20-18-39)22-30-35(42)40-34(26-12-14-27(48-3)15-13-26)32(36(43)46-5-2)33(38-37(40)49-30)25-9-7-6-8-10-25/h6-16,21-22,34H,4-5,17-20,23H2,1-3H3/b30-22+/t34-/m1/s1. The number of rotatable bonds is 11. The number of fused-ring (bicyclic) bond motifs is 1. The van der Waals surface area contributed by atoms with Crippen LogP contribution in [0.4, 0.5) is 0 Å². The van der Waals surface area contributed by atoms with E-state index in [1.165, 1.54) is 11.3 Å². The smallest absolute Gasteiger partial charge is 0.338 e. The molecule has 0 radical (unpaired) electrons. The molecule has 2 aliphatic rings. The van der Waals surface area contributed by atoms with Crippen LogP contribution in [0.1, 0.15) is 36.6 Å². The van der Waals surface area contributed by atoms with Crippen LogP contribution in [-0.4, -0.2) is 73.7 Å². The molecule has 49 heavy (non-hydrogen) atoms. The number of carbonyl (C=O) groups excluding carboxylic acids is 2. The van der Waals surface area contributed by atoms with E-state index in [1.54, 1.807) is 46.4 Å². The minimum Gasteiger partial charge on any atom is -0.490 e. The van der Waals surface area contributed by atoms with E-state index in [0.29, 0.717) is 70.6 Å². The molecule has 4 aromatic rings. The molecule has 0 bridgehead atoms. The second-order valence-corrected chi connectivity index (χ2v) is 13.0. The van der Waals surface area contributed by atoms with E-state index < -0.39 is 12.0 Å². The topological polar surface area (TPSA) is 109 Å². The van der Waals surface area contributed by atoms with Crippen LogP contribution < -0.4 is 24.4 Å². The van der Waals surface area contributed by atoms with Crippen molar-refractivity contribution in [1.82, 2.24) is 9.47 Å². The monoisotopic (exact) mass is 699 g/mol. The predicted molar refractivity (Wildman–Crippen MR) is 190 cm³/mol. The van der Waals surface area contributed by atoms with Crippen LogP contribution >= 0.6 is 23.1 Å². The molecule has 10 nitrogen and oxygen atoms in total. The summed E-state index contributed by atoms with van der Waals surface area (Å²) < 4.78 is 24.7. The van der Waals surface area contributed by atoms with E-state index in [2.05, 4.69) is 0 Å². The van der Waals surface area contributed by atoms with Crippen molar-refractivity contribution in [3.8, 4) is 11.5 Å². The second kappa shape index (κ2) is 15.7. The molecule has 3 aromatic carbocycles. The third kappa shape index (κ3) is 7.51. The number of hydrogen-bond acceptors (Lipinski definition) is 10. The Kier molecular flexibility index (Phi) is 11.0. The fourth-order valence-electron chi connectivity index (χ4n) is 5.74. The van der Waals surface area contributed by atoms with Crippen LogP contribution in [0.3, 0.4) is 0 Å². The van der Waals surface area contributed by atoms with Crippen molar-refractivity contribution >= 4 is 46.7 Å². The third-order valence-corrected chi connectivity index (χ3v) is 9.81.